The molecule has 0 aliphatic rings. The second-order valence-corrected chi connectivity index (χ2v) is 7.70. The molecule has 0 bridgehead atoms. The zero-order valence-electron chi connectivity index (χ0n) is 18.7. The van der Waals surface area contributed by atoms with Gasteiger partial charge in [-0.1, -0.05) is 36.4 Å². The highest BCUT2D eigenvalue weighted by Crippen LogP contribution is 2.29. The molecule has 32 heavy (non-hydrogen) atoms. The van der Waals surface area contributed by atoms with Crippen LogP contribution < -0.4 is 10.6 Å². The third kappa shape index (κ3) is 5.24. The molecule has 0 spiro atoms. The molecule has 7 heteroatoms. The molecule has 1 aromatic heterocycles. The number of benzene rings is 2. The third-order valence-corrected chi connectivity index (χ3v) is 5.20. The topological polar surface area (TPSA) is 107 Å². The summed E-state index contributed by atoms with van der Waals surface area (Å²) in [6, 6.07) is 17.2. The van der Waals surface area contributed by atoms with E-state index >= 15 is 0 Å². The van der Waals surface area contributed by atoms with Crippen LogP contribution in [0.4, 0.5) is 5.69 Å². The van der Waals surface area contributed by atoms with Gasteiger partial charge in [-0.25, -0.2) is 0 Å². The van der Waals surface area contributed by atoms with Crippen LogP contribution in [0, 0.1) is 12.3 Å². The largest absolute Gasteiger partial charge is 0.455 e. The van der Waals surface area contributed by atoms with E-state index in [0.717, 1.165) is 27.8 Å². The zero-order valence-corrected chi connectivity index (χ0v) is 18.7. The number of aromatic amines is 1. The van der Waals surface area contributed by atoms with Crippen LogP contribution in [0.1, 0.15) is 37.9 Å². The molecule has 1 amide bonds. The first kappa shape index (κ1) is 22.8. The van der Waals surface area contributed by atoms with Crippen molar-refractivity contribution in [2.75, 3.05) is 11.9 Å². The lowest BCUT2D eigenvalue weighted by Gasteiger charge is -2.16. The van der Waals surface area contributed by atoms with Crippen LogP contribution in [0.5, 0.6) is 0 Å². The van der Waals surface area contributed by atoms with E-state index in [-0.39, 0.29) is 5.71 Å². The Hall–Kier alpha value is -3.87. The van der Waals surface area contributed by atoms with Gasteiger partial charge in [-0.15, -0.1) is 0 Å². The summed E-state index contributed by atoms with van der Waals surface area (Å²) in [5, 5.41) is 14.8. The van der Waals surface area contributed by atoms with Crippen LogP contribution in [-0.2, 0) is 14.3 Å². The number of para-hydroxylation sites is 2. The van der Waals surface area contributed by atoms with Crippen molar-refractivity contribution < 1.29 is 14.3 Å². The number of hydrogen-bond acceptors (Lipinski definition) is 5. The van der Waals surface area contributed by atoms with Gasteiger partial charge in [-0.3, -0.25) is 9.59 Å². The number of carbonyl (C=O) groups excluding carboxylic acids is 2. The summed E-state index contributed by atoms with van der Waals surface area (Å²) in [7, 11) is 0. The Morgan fingerprint density at radius 3 is 2.41 bits per heavy atom. The quantitative estimate of drug-likeness (QED) is 0.308. The summed E-state index contributed by atoms with van der Waals surface area (Å²) >= 11 is 0. The van der Waals surface area contributed by atoms with E-state index in [0.29, 0.717) is 11.4 Å². The second kappa shape index (κ2) is 9.96. The van der Waals surface area contributed by atoms with Crippen LogP contribution in [0.2, 0.25) is 0 Å². The molecule has 0 saturated carbocycles. The normalized spacial score (nSPS) is 12.6. The molecule has 0 aliphatic carbocycles. The number of ether oxygens (including phenoxy) is 1. The molecule has 1 atom stereocenters. The molecule has 1 unspecified atom stereocenters. The molecule has 166 valence electrons. The van der Waals surface area contributed by atoms with Gasteiger partial charge in [0, 0.05) is 28.0 Å². The fourth-order valence-corrected chi connectivity index (χ4v) is 3.68. The lowest BCUT2D eigenvalue weighted by Crippen LogP contribution is -2.32. The fraction of sp³-hybridized carbons (Fsp3) is 0.240. The minimum atomic E-state index is -0.528. The zero-order chi connectivity index (χ0) is 23.3. The van der Waals surface area contributed by atoms with Crippen LogP contribution in [0.15, 0.2) is 66.0 Å². The highest BCUT2D eigenvalue weighted by molar-refractivity contribution is 6.00. The molecule has 7 nitrogen and oxygen atoms in total. The van der Waals surface area contributed by atoms with Crippen LogP contribution in [-0.4, -0.2) is 29.2 Å². The van der Waals surface area contributed by atoms with Crippen molar-refractivity contribution in [3.05, 3.63) is 77.2 Å². The summed E-state index contributed by atoms with van der Waals surface area (Å²) < 4.78 is 5.29. The number of fused-ring (bicyclic) bond motifs is 1. The van der Waals surface area contributed by atoms with Crippen molar-refractivity contribution in [2.45, 2.75) is 33.6 Å². The van der Waals surface area contributed by atoms with E-state index in [1.54, 1.807) is 20.8 Å². The van der Waals surface area contributed by atoms with Gasteiger partial charge >= 0.3 is 5.97 Å². The van der Waals surface area contributed by atoms with Gasteiger partial charge in [0.2, 0.25) is 0 Å². The van der Waals surface area contributed by atoms with Gasteiger partial charge in [0.25, 0.3) is 5.91 Å². The van der Waals surface area contributed by atoms with Crippen molar-refractivity contribution in [2.24, 2.45) is 0 Å². The van der Waals surface area contributed by atoms with E-state index in [1.807, 2.05) is 61.5 Å². The maximum atomic E-state index is 12.7. The highest BCUT2D eigenvalue weighted by atomic mass is 16.5. The molecule has 3 rings (SSSR count). The Labute approximate surface area is 187 Å². The van der Waals surface area contributed by atoms with Gasteiger partial charge in [-0.05, 0) is 51.5 Å². The third-order valence-electron chi connectivity index (χ3n) is 5.20. The van der Waals surface area contributed by atoms with E-state index in [2.05, 4.69) is 15.6 Å². The number of rotatable bonds is 8. The molecular formula is C25H28N4O3. The average molecular weight is 433 g/mol. The number of hydrogen-bond donors (Lipinski definition) is 4. The number of allylic oxidation sites excluding steroid dienone is 2. The van der Waals surface area contributed by atoms with E-state index < -0.39 is 24.4 Å². The number of aryl methyl sites for hydroxylation is 1. The van der Waals surface area contributed by atoms with Crippen LogP contribution >= 0.6 is 0 Å². The van der Waals surface area contributed by atoms with E-state index in [1.165, 1.54) is 0 Å². The Kier molecular flexibility index (Phi) is 7.10. The molecule has 0 saturated heterocycles. The van der Waals surface area contributed by atoms with Crippen molar-refractivity contribution in [3.63, 3.8) is 0 Å². The summed E-state index contributed by atoms with van der Waals surface area (Å²) in [4.78, 5) is 28.4. The smallest absolute Gasteiger partial charge is 0.313 e. The van der Waals surface area contributed by atoms with Crippen molar-refractivity contribution in [1.29, 1.82) is 5.41 Å². The maximum absolute atomic E-state index is 12.7. The number of anilines is 1. The van der Waals surface area contributed by atoms with Gasteiger partial charge in [0.1, 0.15) is 0 Å². The molecule has 1 heterocycles. The summed E-state index contributed by atoms with van der Waals surface area (Å²) in [6.45, 7) is 6.61. The van der Waals surface area contributed by atoms with Gasteiger partial charge in [-0.2, -0.15) is 0 Å². The van der Waals surface area contributed by atoms with Crippen LogP contribution in [0.25, 0.3) is 10.9 Å². The summed E-state index contributed by atoms with van der Waals surface area (Å²) in [6.07, 6.45) is 0. The lowest BCUT2D eigenvalue weighted by molar-refractivity contribution is -0.149. The maximum Gasteiger partial charge on any atom is 0.313 e. The number of amides is 1. The molecule has 2 aromatic carbocycles. The number of carbonyl (C=O) groups is 2. The summed E-state index contributed by atoms with van der Waals surface area (Å²) in [5.74, 6) is -1.51. The first-order valence-electron chi connectivity index (χ1n) is 10.4. The number of aromatic nitrogens is 1. The number of nitrogens with one attached hydrogen (secondary N) is 4. The first-order chi connectivity index (χ1) is 15.3. The predicted octanol–water partition coefficient (Wildman–Crippen LogP) is 4.62. The van der Waals surface area contributed by atoms with E-state index in [9.17, 15) is 9.59 Å². The Morgan fingerprint density at radius 2 is 1.72 bits per heavy atom. The average Bonchev–Trinajstić information content (AvgIpc) is 3.11. The number of esters is 1. The van der Waals surface area contributed by atoms with Crippen molar-refractivity contribution in [1.82, 2.24) is 10.3 Å². The minimum absolute atomic E-state index is 0.188. The predicted molar refractivity (Wildman–Crippen MR) is 127 cm³/mol. The molecule has 3 aromatic rings. The SMILES string of the molecule is CC(=N)/C(NC(=O)COC(=O)C(C)c1c(C)[nH]c2ccccc12)=C(/C)Nc1ccccc1. The molecule has 0 fully saturated rings. The minimum Gasteiger partial charge on any atom is -0.455 e. The Bertz CT molecular complexity index is 1180. The van der Waals surface area contributed by atoms with Gasteiger partial charge in [0.15, 0.2) is 6.61 Å². The van der Waals surface area contributed by atoms with Crippen molar-refractivity contribution in [3.8, 4) is 0 Å². The molecule has 4 N–H and O–H groups in total. The van der Waals surface area contributed by atoms with E-state index in [4.69, 9.17) is 10.1 Å². The van der Waals surface area contributed by atoms with Gasteiger partial charge < -0.3 is 25.8 Å². The first-order valence-corrected chi connectivity index (χ1v) is 10.4. The lowest BCUT2D eigenvalue weighted by atomic mass is 9.98. The Balaban J connectivity index is 1.64. The summed E-state index contributed by atoms with van der Waals surface area (Å²) in [5.41, 5.74) is 4.70. The fourth-order valence-electron chi connectivity index (χ4n) is 3.68. The Morgan fingerprint density at radius 1 is 1.06 bits per heavy atom. The van der Waals surface area contributed by atoms with Crippen LogP contribution in [0.3, 0.4) is 0 Å². The molecular weight excluding hydrogens is 404 g/mol. The molecule has 0 aliphatic heterocycles. The highest BCUT2D eigenvalue weighted by Gasteiger charge is 2.23. The second-order valence-electron chi connectivity index (χ2n) is 7.70. The molecule has 0 radical (unpaired) electrons. The van der Waals surface area contributed by atoms with Crippen molar-refractivity contribution >= 4 is 34.2 Å². The number of H-pyrrole nitrogens is 1. The van der Waals surface area contributed by atoms with Gasteiger partial charge in [0.05, 0.1) is 17.3 Å². The standard InChI is InChI=1S/C25H28N4O3/c1-15(23-17(3)28-21-13-9-8-12-20(21)23)25(31)32-14-22(30)29-24(16(2)26)18(4)27-19-10-6-5-7-11-19/h5-13,15,26-28H,14H2,1-4H3,(H,29,30)/b24-18+,26-16?. The monoisotopic (exact) mass is 432 g/mol.